The third-order valence-electron chi connectivity index (χ3n) is 4.89. The zero-order valence-corrected chi connectivity index (χ0v) is 17.8. The van der Waals surface area contributed by atoms with Gasteiger partial charge in [0.25, 0.3) is 0 Å². The fourth-order valence-electron chi connectivity index (χ4n) is 3.07. The van der Waals surface area contributed by atoms with Crippen molar-refractivity contribution in [2.24, 2.45) is 0 Å². The normalized spacial score (nSPS) is 12.3. The summed E-state index contributed by atoms with van der Waals surface area (Å²) in [5.74, 6) is -0.240. The molecule has 2 aromatic carbocycles. The zero-order valence-electron chi connectivity index (χ0n) is 17.0. The van der Waals surface area contributed by atoms with Gasteiger partial charge in [-0.1, -0.05) is 48.5 Å². The molecule has 0 radical (unpaired) electrons. The third-order valence-corrected chi connectivity index (χ3v) is 6.34. The number of sulfonamides is 1. The average molecular weight is 424 g/mol. The average Bonchev–Trinajstić information content (AvgIpc) is 2.75. The number of hydrogen-bond acceptors (Lipinski definition) is 4. The Bertz CT molecular complexity index is 1100. The van der Waals surface area contributed by atoms with E-state index in [1.54, 1.807) is 6.07 Å². The van der Waals surface area contributed by atoms with Gasteiger partial charge in [-0.25, -0.2) is 13.1 Å². The molecule has 30 heavy (non-hydrogen) atoms. The highest BCUT2D eigenvalue weighted by molar-refractivity contribution is 7.89. The maximum absolute atomic E-state index is 12.6. The van der Waals surface area contributed by atoms with Crippen LogP contribution in [0.1, 0.15) is 34.7 Å². The fourth-order valence-corrected chi connectivity index (χ4v) is 4.07. The monoisotopic (exact) mass is 423 g/mol. The number of benzene rings is 2. The molecule has 1 unspecified atom stereocenters. The number of pyridine rings is 1. The molecule has 0 saturated heterocycles. The van der Waals surface area contributed by atoms with Crippen LogP contribution in [0.25, 0.3) is 0 Å². The van der Waals surface area contributed by atoms with Gasteiger partial charge in [0.1, 0.15) is 4.90 Å². The lowest BCUT2D eigenvalue weighted by molar-refractivity contribution is -0.121. The molecular formula is C23H25N3O3S. The first kappa shape index (κ1) is 21.7. The van der Waals surface area contributed by atoms with Gasteiger partial charge in [-0.3, -0.25) is 9.78 Å². The Morgan fingerprint density at radius 1 is 0.967 bits per heavy atom. The summed E-state index contributed by atoms with van der Waals surface area (Å²) < 4.78 is 27.0. The Balaban J connectivity index is 1.69. The second kappa shape index (κ2) is 9.65. The van der Waals surface area contributed by atoms with Crippen LogP contribution in [0.4, 0.5) is 0 Å². The lowest BCUT2D eigenvalue weighted by Crippen LogP contribution is -2.33. The molecule has 7 heteroatoms. The first-order valence-corrected chi connectivity index (χ1v) is 11.2. The van der Waals surface area contributed by atoms with Crippen LogP contribution >= 0.6 is 0 Å². The summed E-state index contributed by atoms with van der Waals surface area (Å²) in [4.78, 5) is 16.5. The maximum Gasteiger partial charge on any atom is 0.242 e. The van der Waals surface area contributed by atoms with E-state index in [0.29, 0.717) is 0 Å². The van der Waals surface area contributed by atoms with Gasteiger partial charge in [-0.15, -0.1) is 0 Å². The Morgan fingerprint density at radius 2 is 1.73 bits per heavy atom. The van der Waals surface area contributed by atoms with Crippen LogP contribution in [-0.2, 0) is 14.8 Å². The highest BCUT2D eigenvalue weighted by Gasteiger charge is 2.18. The van der Waals surface area contributed by atoms with Crippen LogP contribution in [0, 0.1) is 13.8 Å². The van der Waals surface area contributed by atoms with E-state index in [1.165, 1.54) is 24.0 Å². The van der Waals surface area contributed by atoms with Crippen molar-refractivity contribution in [1.82, 2.24) is 15.0 Å². The van der Waals surface area contributed by atoms with Crippen LogP contribution in [0.15, 0.2) is 78.0 Å². The molecule has 0 aliphatic carbocycles. The molecule has 0 aliphatic heterocycles. The number of carbonyl (C=O) groups is 1. The summed E-state index contributed by atoms with van der Waals surface area (Å²) in [5, 5.41) is 3.04. The number of nitrogens with one attached hydrogen (secondary N) is 2. The minimum absolute atomic E-state index is 0.00248. The number of aryl methyl sites for hydroxylation is 2. The molecule has 3 aromatic rings. The van der Waals surface area contributed by atoms with Crippen LogP contribution in [0.5, 0.6) is 0 Å². The van der Waals surface area contributed by atoms with E-state index in [1.807, 2.05) is 56.3 Å². The van der Waals surface area contributed by atoms with Crippen molar-refractivity contribution < 1.29 is 13.2 Å². The van der Waals surface area contributed by atoms with Crippen LogP contribution in [0.3, 0.4) is 0 Å². The molecule has 0 bridgehead atoms. The zero-order chi connectivity index (χ0) is 21.6. The van der Waals surface area contributed by atoms with E-state index in [-0.39, 0.29) is 29.8 Å². The quantitative estimate of drug-likeness (QED) is 0.582. The number of rotatable bonds is 8. The van der Waals surface area contributed by atoms with Gasteiger partial charge in [0, 0.05) is 25.4 Å². The van der Waals surface area contributed by atoms with Gasteiger partial charge in [0.2, 0.25) is 15.9 Å². The van der Waals surface area contributed by atoms with Gasteiger partial charge in [-0.05, 0) is 48.2 Å². The van der Waals surface area contributed by atoms with E-state index in [4.69, 9.17) is 0 Å². The summed E-state index contributed by atoms with van der Waals surface area (Å²) in [6.45, 7) is 4.08. The summed E-state index contributed by atoms with van der Waals surface area (Å²) in [5.41, 5.74) is 4.27. The molecule has 2 N–H and O–H groups in total. The molecule has 156 valence electrons. The summed E-state index contributed by atoms with van der Waals surface area (Å²) in [6, 6.07) is 18.5. The highest BCUT2D eigenvalue weighted by Crippen LogP contribution is 2.24. The molecule has 0 aliphatic rings. The molecule has 1 amide bonds. The minimum Gasteiger partial charge on any atom is -0.345 e. The largest absolute Gasteiger partial charge is 0.345 e. The van der Waals surface area contributed by atoms with Gasteiger partial charge < -0.3 is 5.32 Å². The van der Waals surface area contributed by atoms with E-state index in [0.717, 1.165) is 16.7 Å². The van der Waals surface area contributed by atoms with Gasteiger partial charge in [-0.2, -0.15) is 0 Å². The smallest absolute Gasteiger partial charge is 0.242 e. The van der Waals surface area contributed by atoms with Crippen molar-refractivity contribution in [3.05, 3.63) is 95.3 Å². The van der Waals surface area contributed by atoms with Gasteiger partial charge in [0.05, 0.1) is 6.04 Å². The molecule has 0 saturated carbocycles. The molecule has 1 atom stereocenters. The van der Waals surface area contributed by atoms with E-state index < -0.39 is 10.0 Å². The van der Waals surface area contributed by atoms with Crippen molar-refractivity contribution in [1.29, 1.82) is 0 Å². The molecule has 1 heterocycles. The van der Waals surface area contributed by atoms with Crippen LogP contribution in [0.2, 0.25) is 0 Å². The summed E-state index contributed by atoms with van der Waals surface area (Å²) in [6.07, 6.45) is 2.80. The Kier molecular flexibility index (Phi) is 6.97. The standard InChI is InChI=1S/C23H25N3O3S/c1-17-10-11-20(15-18(17)2)23(19-7-4-3-5-8-19)26-22(27)12-14-25-30(28,29)21-9-6-13-24-16-21/h3-11,13,15-16,23,25H,12,14H2,1-2H3,(H,26,27). The van der Waals surface area contributed by atoms with Crippen molar-refractivity contribution in [3.8, 4) is 0 Å². The SMILES string of the molecule is Cc1ccc(C(NC(=O)CCNS(=O)(=O)c2cccnc2)c2ccccc2)cc1C. The molecule has 0 spiro atoms. The predicted molar refractivity (Wildman–Crippen MR) is 116 cm³/mol. The second-order valence-corrected chi connectivity index (χ2v) is 8.86. The predicted octanol–water partition coefficient (Wildman–Crippen LogP) is 3.27. The van der Waals surface area contributed by atoms with Crippen molar-refractivity contribution in [3.63, 3.8) is 0 Å². The fraction of sp³-hybridized carbons (Fsp3) is 0.217. The first-order chi connectivity index (χ1) is 14.4. The third kappa shape index (κ3) is 5.52. The Labute approximate surface area is 177 Å². The van der Waals surface area contributed by atoms with Crippen molar-refractivity contribution >= 4 is 15.9 Å². The maximum atomic E-state index is 12.6. The van der Waals surface area contributed by atoms with E-state index in [2.05, 4.69) is 21.1 Å². The summed E-state index contributed by atoms with van der Waals surface area (Å²) in [7, 11) is -3.69. The topological polar surface area (TPSA) is 88.2 Å². The number of hydrogen-bond donors (Lipinski definition) is 2. The number of amides is 1. The van der Waals surface area contributed by atoms with Crippen LogP contribution < -0.4 is 10.0 Å². The molecule has 0 fully saturated rings. The van der Waals surface area contributed by atoms with Gasteiger partial charge >= 0.3 is 0 Å². The molecular weight excluding hydrogens is 398 g/mol. The molecule has 3 rings (SSSR count). The first-order valence-electron chi connectivity index (χ1n) is 9.68. The number of nitrogens with zero attached hydrogens (tertiary/aromatic N) is 1. The van der Waals surface area contributed by atoms with E-state index in [9.17, 15) is 13.2 Å². The summed E-state index contributed by atoms with van der Waals surface area (Å²) >= 11 is 0. The lowest BCUT2D eigenvalue weighted by atomic mass is 9.95. The molecule has 1 aromatic heterocycles. The van der Waals surface area contributed by atoms with Crippen molar-refractivity contribution in [2.45, 2.75) is 31.2 Å². The second-order valence-electron chi connectivity index (χ2n) is 7.09. The Morgan fingerprint density at radius 3 is 2.40 bits per heavy atom. The molecule has 6 nitrogen and oxygen atoms in total. The van der Waals surface area contributed by atoms with Crippen molar-refractivity contribution in [2.75, 3.05) is 6.54 Å². The van der Waals surface area contributed by atoms with E-state index >= 15 is 0 Å². The highest BCUT2D eigenvalue weighted by atomic mass is 32.2. The lowest BCUT2D eigenvalue weighted by Gasteiger charge is -2.21. The van der Waals surface area contributed by atoms with Gasteiger partial charge in [0.15, 0.2) is 0 Å². The Hall–Kier alpha value is -3.03. The van der Waals surface area contributed by atoms with Crippen LogP contribution in [-0.4, -0.2) is 25.9 Å². The number of carbonyl (C=O) groups excluding carboxylic acids is 1. The minimum atomic E-state index is -3.69. The number of aromatic nitrogens is 1.